The topological polar surface area (TPSA) is 29.1 Å². The molecular weight excluding hydrogens is 489 g/mol. The number of hydrogen-bond acceptors (Lipinski definition) is 1. The molecule has 0 fully saturated rings. The fourth-order valence-electron chi connectivity index (χ4n) is 4.60. The first kappa shape index (κ1) is 25.5. The molecule has 0 amide bonds. The van der Waals surface area contributed by atoms with Gasteiger partial charge < -0.3 is 0 Å². The van der Waals surface area contributed by atoms with Gasteiger partial charge in [-0.15, -0.1) is 0 Å². The molecule has 5 aromatic carbocycles. The Morgan fingerprint density at radius 2 is 1.14 bits per heavy atom. The minimum absolute atomic E-state index is 0.236. The molecule has 0 aliphatic rings. The highest BCUT2D eigenvalue weighted by molar-refractivity contribution is 7.84. The van der Waals surface area contributed by atoms with E-state index >= 15 is 0 Å². The van der Waals surface area contributed by atoms with E-state index in [4.69, 9.17) is 0 Å². The highest BCUT2D eigenvalue weighted by atomic mass is 32.2. The highest BCUT2D eigenvalue weighted by Crippen LogP contribution is 2.38. The molecular formula is C33H32NOPS. The van der Waals surface area contributed by atoms with Crippen LogP contribution in [0.25, 0.3) is 10.8 Å². The maximum absolute atomic E-state index is 13.6. The van der Waals surface area contributed by atoms with Crippen LogP contribution < -0.4 is 20.6 Å². The first-order valence-corrected chi connectivity index (χ1v) is 15.1. The summed E-state index contributed by atoms with van der Waals surface area (Å²) in [5.41, 5.74) is 2.30. The fraction of sp³-hybridized carbons (Fsp3) is 0.152. The Balaban J connectivity index is 1.75. The largest absolute Gasteiger partial charge is 0.242 e. The van der Waals surface area contributed by atoms with E-state index in [1.165, 1.54) is 26.7 Å². The van der Waals surface area contributed by atoms with Gasteiger partial charge in [0.2, 0.25) is 0 Å². The Morgan fingerprint density at radius 1 is 0.622 bits per heavy atom. The molecule has 186 valence electrons. The van der Waals surface area contributed by atoms with Gasteiger partial charge in [0, 0.05) is 0 Å². The molecule has 1 N–H and O–H groups in total. The molecule has 0 aliphatic carbocycles. The molecule has 0 spiro atoms. The quantitative estimate of drug-likeness (QED) is 0.236. The van der Waals surface area contributed by atoms with Crippen LogP contribution in [-0.2, 0) is 11.0 Å². The van der Waals surface area contributed by atoms with E-state index in [1.54, 1.807) is 0 Å². The second-order valence-corrected chi connectivity index (χ2v) is 14.2. The SMILES string of the molecule is CC(C)(C)[S@@](=O)N[C@H](c1ccccc1P(c1ccccc1)c1ccccc1)c1cccc2ccccc12. The standard InChI is InChI=1S/C33H32NOPS/c1-33(2,3)37(35)34-32(29-23-14-16-25-15-10-11-21-28(25)29)30-22-12-13-24-31(30)36(26-17-6-4-7-18-26)27-19-8-5-9-20-27/h4-24,32,34H,1-3H3/t32-,37+/m0/s1. The van der Waals surface area contributed by atoms with Gasteiger partial charge in [0.05, 0.1) is 21.8 Å². The van der Waals surface area contributed by atoms with Gasteiger partial charge in [-0.3, -0.25) is 0 Å². The predicted molar refractivity (Wildman–Crippen MR) is 162 cm³/mol. The average Bonchev–Trinajstić information content (AvgIpc) is 2.93. The van der Waals surface area contributed by atoms with E-state index < -0.39 is 23.7 Å². The first-order chi connectivity index (χ1) is 17.9. The summed E-state index contributed by atoms with van der Waals surface area (Å²) in [6, 6.07) is 44.8. The summed E-state index contributed by atoms with van der Waals surface area (Å²) < 4.78 is 16.7. The summed E-state index contributed by atoms with van der Waals surface area (Å²) in [6.07, 6.45) is 0. The van der Waals surface area contributed by atoms with Gasteiger partial charge >= 0.3 is 0 Å². The van der Waals surface area contributed by atoms with Crippen LogP contribution in [0.2, 0.25) is 0 Å². The first-order valence-electron chi connectivity index (χ1n) is 12.6. The van der Waals surface area contributed by atoms with Gasteiger partial charge in [-0.1, -0.05) is 127 Å². The molecule has 0 unspecified atom stereocenters. The van der Waals surface area contributed by atoms with Crippen molar-refractivity contribution in [3.05, 3.63) is 139 Å². The summed E-state index contributed by atoms with van der Waals surface area (Å²) in [4.78, 5) is 0. The zero-order chi connectivity index (χ0) is 25.8. The van der Waals surface area contributed by atoms with Gasteiger partial charge in [0.15, 0.2) is 0 Å². The molecule has 4 heteroatoms. The van der Waals surface area contributed by atoms with E-state index in [0.29, 0.717) is 0 Å². The third-order valence-electron chi connectivity index (χ3n) is 6.43. The third-order valence-corrected chi connectivity index (χ3v) is 10.5. The van der Waals surface area contributed by atoms with Crippen molar-refractivity contribution >= 4 is 45.6 Å². The van der Waals surface area contributed by atoms with E-state index in [0.717, 1.165) is 11.1 Å². The molecule has 0 saturated carbocycles. The van der Waals surface area contributed by atoms with Crippen LogP contribution in [-0.4, -0.2) is 8.96 Å². The smallest absolute Gasteiger partial charge is 0.0979 e. The molecule has 2 atom stereocenters. The second kappa shape index (κ2) is 11.1. The molecule has 0 aliphatic heterocycles. The van der Waals surface area contributed by atoms with Crippen LogP contribution in [0.1, 0.15) is 37.9 Å². The summed E-state index contributed by atoms with van der Waals surface area (Å²) in [5, 5.41) is 6.21. The maximum atomic E-state index is 13.6. The summed E-state index contributed by atoms with van der Waals surface area (Å²) in [7, 11) is -2.09. The van der Waals surface area contributed by atoms with Crippen LogP contribution in [0.5, 0.6) is 0 Å². The zero-order valence-electron chi connectivity index (χ0n) is 21.5. The number of rotatable bonds is 7. The molecule has 5 aromatic rings. The second-order valence-electron chi connectivity index (χ2n) is 10.1. The van der Waals surface area contributed by atoms with E-state index in [2.05, 4.69) is 132 Å². The van der Waals surface area contributed by atoms with Crippen molar-refractivity contribution in [2.75, 3.05) is 0 Å². The van der Waals surface area contributed by atoms with Gasteiger partial charge in [-0.25, -0.2) is 8.93 Å². The van der Waals surface area contributed by atoms with E-state index in [-0.39, 0.29) is 6.04 Å². The molecule has 37 heavy (non-hydrogen) atoms. The van der Waals surface area contributed by atoms with Crippen molar-refractivity contribution in [2.45, 2.75) is 31.6 Å². The van der Waals surface area contributed by atoms with Gasteiger partial charge in [0.25, 0.3) is 0 Å². The zero-order valence-corrected chi connectivity index (χ0v) is 23.2. The average molecular weight is 522 g/mol. The maximum Gasteiger partial charge on any atom is 0.0979 e. The molecule has 0 saturated heterocycles. The van der Waals surface area contributed by atoms with Gasteiger partial charge in [-0.05, 0) is 66.5 Å². The molecule has 0 radical (unpaired) electrons. The lowest BCUT2D eigenvalue weighted by Crippen LogP contribution is -2.38. The molecule has 5 rings (SSSR count). The Bertz CT molecular complexity index is 1470. The van der Waals surface area contributed by atoms with E-state index in [9.17, 15) is 4.21 Å². The minimum atomic E-state index is -1.26. The Hall–Kier alpha value is -3.10. The Kier molecular flexibility index (Phi) is 7.67. The van der Waals surface area contributed by atoms with Crippen molar-refractivity contribution in [2.24, 2.45) is 0 Å². The van der Waals surface area contributed by atoms with Crippen molar-refractivity contribution in [1.82, 2.24) is 4.72 Å². The third kappa shape index (κ3) is 5.60. The molecule has 0 aromatic heterocycles. The summed E-state index contributed by atoms with van der Waals surface area (Å²) >= 11 is 0. The molecule has 2 nitrogen and oxygen atoms in total. The monoisotopic (exact) mass is 521 g/mol. The highest BCUT2D eigenvalue weighted by Gasteiger charge is 2.29. The van der Waals surface area contributed by atoms with Crippen LogP contribution in [0.3, 0.4) is 0 Å². The van der Waals surface area contributed by atoms with Crippen molar-refractivity contribution in [3.8, 4) is 0 Å². The molecule has 0 bridgehead atoms. The number of nitrogens with one attached hydrogen (secondary N) is 1. The normalized spacial score (nSPS) is 13.5. The molecule has 0 heterocycles. The summed E-state index contributed by atoms with van der Waals surface area (Å²) in [6.45, 7) is 6.05. The number of fused-ring (bicyclic) bond motifs is 1. The van der Waals surface area contributed by atoms with Crippen molar-refractivity contribution in [3.63, 3.8) is 0 Å². The summed E-state index contributed by atoms with van der Waals surface area (Å²) in [5.74, 6) is 0. The predicted octanol–water partition coefficient (Wildman–Crippen LogP) is 6.74. The van der Waals surface area contributed by atoms with E-state index in [1.807, 2.05) is 20.8 Å². The van der Waals surface area contributed by atoms with Gasteiger partial charge in [0.1, 0.15) is 0 Å². The minimum Gasteiger partial charge on any atom is -0.242 e. The van der Waals surface area contributed by atoms with Crippen LogP contribution in [0, 0.1) is 0 Å². The van der Waals surface area contributed by atoms with Gasteiger partial charge in [-0.2, -0.15) is 0 Å². The lowest BCUT2D eigenvalue weighted by Gasteiger charge is -2.30. The lowest BCUT2D eigenvalue weighted by molar-refractivity contribution is 0.624. The fourth-order valence-corrected chi connectivity index (χ4v) is 7.91. The van der Waals surface area contributed by atoms with Crippen LogP contribution in [0.15, 0.2) is 127 Å². The Labute approximate surface area is 224 Å². The number of benzene rings is 5. The Morgan fingerprint density at radius 3 is 1.78 bits per heavy atom. The lowest BCUT2D eigenvalue weighted by atomic mass is 9.94. The van der Waals surface area contributed by atoms with Crippen LogP contribution >= 0.6 is 7.92 Å². The van der Waals surface area contributed by atoms with Crippen molar-refractivity contribution < 1.29 is 4.21 Å². The van der Waals surface area contributed by atoms with Crippen molar-refractivity contribution in [1.29, 1.82) is 0 Å². The number of hydrogen-bond donors (Lipinski definition) is 1. The van der Waals surface area contributed by atoms with Crippen LogP contribution in [0.4, 0.5) is 0 Å².